The summed E-state index contributed by atoms with van der Waals surface area (Å²) in [4.78, 5) is 12.2. The lowest BCUT2D eigenvalue weighted by Gasteiger charge is -2.18. The van der Waals surface area contributed by atoms with Crippen molar-refractivity contribution in [2.75, 3.05) is 10.0 Å². The molecular weight excluding hydrogens is 397 g/mol. The van der Waals surface area contributed by atoms with Crippen molar-refractivity contribution in [2.45, 2.75) is 25.0 Å². The summed E-state index contributed by atoms with van der Waals surface area (Å²) in [5, 5.41) is 3.08. The topological polar surface area (TPSA) is 63.1 Å². The van der Waals surface area contributed by atoms with Crippen molar-refractivity contribution >= 4 is 44.1 Å². The van der Waals surface area contributed by atoms with Crippen LogP contribution in [-0.2, 0) is 18.0 Å². The molecule has 2 aromatic rings. The van der Waals surface area contributed by atoms with Crippen molar-refractivity contribution in [1.29, 1.82) is 0 Å². The van der Waals surface area contributed by atoms with Gasteiger partial charge in [-0.05, 0) is 44.0 Å². The Morgan fingerprint density at radius 1 is 1.29 bits per heavy atom. The van der Waals surface area contributed by atoms with Crippen LogP contribution in [0, 0.1) is 12.7 Å². The number of nitrogens with zero attached hydrogens (tertiary/aromatic N) is 1. The summed E-state index contributed by atoms with van der Waals surface area (Å²) < 4.78 is 31.3. The van der Waals surface area contributed by atoms with Crippen LogP contribution in [0.2, 0.25) is 0 Å². The molecule has 1 aliphatic carbocycles. The van der Waals surface area contributed by atoms with Crippen LogP contribution in [0.5, 0.6) is 0 Å². The zero-order chi connectivity index (χ0) is 17.4. The largest absolute Gasteiger partial charge is 0.337 e. The quantitative estimate of drug-likeness (QED) is 0.787. The lowest BCUT2D eigenvalue weighted by Crippen LogP contribution is -2.24. The number of hydrogen-bond acceptors (Lipinski definition) is 3. The van der Waals surface area contributed by atoms with Crippen molar-refractivity contribution in [2.24, 2.45) is 7.05 Å². The number of pyridine rings is 1. The number of benzene rings is 1. The first-order chi connectivity index (χ1) is 11.4. The zero-order valence-corrected chi connectivity index (χ0v) is 15.6. The van der Waals surface area contributed by atoms with E-state index in [9.17, 15) is 13.4 Å². The van der Waals surface area contributed by atoms with E-state index in [4.69, 9.17) is 0 Å². The van der Waals surface area contributed by atoms with Crippen molar-refractivity contribution in [1.82, 2.24) is 4.57 Å². The third-order valence-corrected chi connectivity index (χ3v) is 5.81. The molecule has 0 radical (unpaired) electrons. The van der Waals surface area contributed by atoms with E-state index in [2.05, 4.69) is 26.0 Å². The summed E-state index contributed by atoms with van der Waals surface area (Å²) in [7, 11) is 0.378. The Kier molecular flexibility index (Phi) is 4.78. The van der Waals surface area contributed by atoms with Gasteiger partial charge < -0.3 is 10.0 Å². The van der Waals surface area contributed by atoms with Gasteiger partial charge in [-0.2, -0.15) is 0 Å². The summed E-state index contributed by atoms with van der Waals surface area (Å²) in [6, 6.07) is 6.25. The van der Waals surface area contributed by atoms with Crippen LogP contribution >= 0.6 is 15.9 Å². The molecule has 0 spiro atoms. The SMILES string of the molecule is Cc1cc(NS(=O)C2CC2)c(Nc2ccc(Br)cc2F)n(C)c1=O. The highest BCUT2D eigenvalue weighted by Gasteiger charge is 2.29. The zero-order valence-electron chi connectivity index (χ0n) is 13.2. The predicted octanol–water partition coefficient (Wildman–Crippen LogP) is 3.58. The molecule has 0 saturated heterocycles. The maximum atomic E-state index is 14.1. The van der Waals surface area contributed by atoms with E-state index < -0.39 is 16.8 Å². The van der Waals surface area contributed by atoms with E-state index >= 15 is 0 Å². The fourth-order valence-corrected chi connectivity index (χ4v) is 3.75. The number of hydrogen-bond donors (Lipinski definition) is 2. The molecule has 2 N–H and O–H groups in total. The van der Waals surface area contributed by atoms with Gasteiger partial charge in [-0.3, -0.25) is 9.36 Å². The van der Waals surface area contributed by atoms with Crippen LogP contribution < -0.4 is 15.6 Å². The third kappa shape index (κ3) is 3.54. The summed E-state index contributed by atoms with van der Waals surface area (Å²) in [5.74, 6) is -0.0764. The monoisotopic (exact) mass is 413 g/mol. The molecule has 5 nitrogen and oxygen atoms in total. The normalized spacial score (nSPS) is 15.2. The van der Waals surface area contributed by atoms with E-state index in [0.717, 1.165) is 12.8 Å². The van der Waals surface area contributed by atoms with Gasteiger partial charge in [-0.1, -0.05) is 15.9 Å². The number of aromatic nitrogens is 1. The fraction of sp³-hybridized carbons (Fsp3) is 0.312. The lowest BCUT2D eigenvalue weighted by atomic mass is 10.2. The Bertz CT molecular complexity index is 880. The summed E-state index contributed by atoms with van der Waals surface area (Å²) in [6.07, 6.45) is 1.85. The van der Waals surface area contributed by atoms with Gasteiger partial charge >= 0.3 is 0 Å². The second-order valence-corrected chi connectivity index (χ2v) is 8.18. The third-order valence-electron chi connectivity index (χ3n) is 3.82. The highest BCUT2D eigenvalue weighted by Crippen LogP contribution is 2.31. The highest BCUT2D eigenvalue weighted by molar-refractivity contribution is 9.10. The van der Waals surface area contributed by atoms with Crippen LogP contribution in [0.4, 0.5) is 21.6 Å². The molecule has 0 bridgehead atoms. The molecule has 1 aromatic carbocycles. The Morgan fingerprint density at radius 3 is 2.62 bits per heavy atom. The second-order valence-electron chi connectivity index (χ2n) is 5.80. The Morgan fingerprint density at radius 2 is 2.00 bits per heavy atom. The highest BCUT2D eigenvalue weighted by atomic mass is 79.9. The molecule has 128 valence electrons. The van der Waals surface area contributed by atoms with Crippen LogP contribution in [-0.4, -0.2) is 14.0 Å². The van der Waals surface area contributed by atoms with Crippen LogP contribution in [0.3, 0.4) is 0 Å². The molecule has 1 atom stereocenters. The molecule has 1 fully saturated rings. The maximum Gasteiger partial charge on any atom is 0.254 e. The standard InChI is InChI=1S/C16H17BrFN3O2S/c1-9-7-14(20-24(23)11-4-5-11)15(21(2)16(9)22)19-13-6-3-10(17)8-12(13)18/h3,6-8,11,19-20H,4-5H2,1-2H3. The van der Waals surface area contributed by atoms with Crippen LogP contribution in [0.15, 0.2) is 33.5 Å². The van der Waals surface area contributed by atoms with Crippen molar-refractivity contribution in [3.8, 4) is 0 Å². The van der Waals surface area contributed by atoms with Gasteiger partial charge in [0, 0.05) is 17.1 Å². The molecule has 1 aliphatic rings. The molecule has 3 rings (SSSR count). The Balaban J connectivity index is 2.02. The van der Waals surface area contributed by atoms with Gasteiger partial charge in [-0.15, -0.1) is 0 Å². The minimum Gasteiger partial charge on any atom is -0.337 e. The average molecular weight is 414 g/mol. The summed E-state index contributed by atoms with van der Waals surface area (Å²) in [5.41, 5.74) is 1.08. The lowest BCUT2D eigenvalue weighted by molar-refractivity contribution is 0.630. The molecular formula is C16H17BrFN3O2S. The minimum absolute atomic E-state index is 0.139. The second kappa shape index (κ2) is 6.68. The molecule has 8 heteroatoms. The van der Waals surface area contributed by atoms with E-state index in [1.54, 1.807) is 32.2 Å². The first kappa shape index (κ1) is 17.2. The summed E-state index contributed by atoms with van der Waals surface area (Å²) >= 11 is 3.21. The molecule has 0 amide bonds. The van der Waals surface area contributed by atoms with E-state index in [-0.39, 0.29) is 16.5 Å². The maximum absolute atomic E-state index is 14.1. The minimum atomic E-state index is -1.22. The first-order valence-corrected chi connectivity index (χ1v) is 9.47. The van der Waals surface area contributed by atoms with Gasteiger partial charge in [0.15, 0.2) is 0 Å². The number of anilines is 3. The van der Waals surface area contributed by atoms with Gasteiger partial charge in [0.25, 0.3) is 5.56 Å². The van der Waals surface area contributed by atoms with Gasteiger partial charge in [0.2, 0.25) is 0 Å². The Hall–Kier alpha value is -1.67. The van der Waals surface area contributed by atoms with Gasteiger partial charge in [0.05, 0.1) is 16.6 Å². The van der Waals surface area contributed by atoms with Crippen molar-refractivity contribution < 1.29 is 8.60 Å². The smallest absolute Gasteiger partial charge is 0.254 e. The van der Waals surface area contributed by atoms with Crippen LogP contribution in [0.25, 0.3) is 0 Å². The predicted molar refractivity (Wildman–Crippen MR) is 98.6 cm³/mol. The van der Waals surface area contributed by atoms with E-state index in [1.165, 1.54) is 10.6 Å². The molecule has 24 heavy (non-hydrogen) atoms. The van der Waals surface area contributed by atoms with E-state index in [1.807, 2.05) is 0 Å². The number of rotatable bonds is 5. The van der Waals surface area contributed by atoms with Gasteiger partial charge in [-0.25, -0.2) is 8.60 Å². The Labute approximate surface area is 150 Å². The van der Waals surface area contributed by atoms with Gasteiger partial charge in [0.1, 0.15) is 22.6 Å². The number of nitrogens with one attached hydrogen (secondary N) is 2. The fourth-order valence-electron chi connectivity index (χ4n) is 2.31. The molecule has 0 aliphatic heterocycles. The van der Waals surface area contributed by atoms with E-state index in [0.29, 0.717) is 21.5 Å². The first-order valence-electron chi connectivity index (χ1n) is 7.46. The molecule has 1 saturated carbocycles. The number of halogens is 2. The summed E-state index contributed by atoms with van der Waals surface area (Å²) in [6.45, 7) is 1.69. The molecule has 1 aromatic heterocycles. The molecule has 1 heterocycles. The average Bonchev–Trinajstić information content (AvgIpc) is 3.35. The molecule has 1 unspecified atom stereocenters. The number of aryl methyl sites for hydroxylation is 1. The van der Waals surface area contributed by atoms with Crippen LogP contribution in [0.1, 0.15) is 18.4 Å². The van der Waals surface area contributed by atoms with Crippen molar-refractivity contribution in [3.63, 3.8) is 0 Å². The van der Waals surface area contributed by atoms with Crippen molar-refractivity contribution in [3.05, 3.63) is 50.5 Å².